The average Bonchev–Trinajstić information content (AvgIpc) is 1.60. The summed E-state index contributed by atoms with van der Waals surface area (Å²) in [4.78, 5) is 102. The molecular formula is C109H129FN12O16S2. The molecule has 740 valence electrons. The van der Waals surface area contributed by atoms with Gasteiger partial charge >= 0.3 is 30.3 Å². The molecule has 140 heavy (non-hydrogen) atoms. The van der Waals surface area contributed by atoms with Gasteiger partial charge in [-0.05, 0) is 267 Å². The Hall–Kier alpha value is -12.5. The molecule has 4 amide bonds. The first-order valence-corrected chi connectivity index (χ1v) is 53.2. The van der Waals surface area contributed by atoms with Crippen LogP contribution in [0.5, 0.6) is 5.75 Å². The fraction of sp³-hybridized carbons (Fsp3) is 0.468. The molecule has 12 aromatic rings. The summed E-state index contributed by atoms with van der Waals surface area (Å²) in [6, 6.07) is 52.1. The van der Waals surface area contributed by atoms with Gasteiger partial charge in [-0.2, -0.15) is 0 Å². The minimum atomic E-state index is -3.08. The predicted molar refractivity (Wildman–Crippen MR) is 541 cm³/mol. The van der Waals surface area contributed by atoms with Crippen molar-refractivity contribution in [2.45, 2.75) is 264 Å². The van der Waals surface area contributed by atoms with Crippen LogP contribution in [0.3, 0.4) is 0 Å². The molecule has 2 saturated heterocycles. The highest BCUT2D eigenvalue weighted by Crippen LogP contribution is 2.48. The molecule has 4 fully saturated rings. The molecule has 31 heteroatoms. The van der Waals surface area contributed by atoms with Gasteiger partial charge in [0.25, 0.3) is 0 Å². The van der Waals surface area contributed by atoms with E-state index < -0.39 is 31.1 Å². The van der Waals surface area contributed by atoms with Crippen molar-refractivity contribution >= 4 is 123 Å². The molecule has 8 aromatic carbocycles. The number of carboxylic acid groups (broad SMARTS) is 1. The SMILES string of the molecule is COC(=O)N1c2ccc3c(nc(Cc4ccc(OC(C)C)c(F)c4)n3C3CCC(C(C)=O)CC3)c2CC[C@@H]1C.COC(=O)N1c2ccc3c(nc(Cc4ccccc4)n3C3CCC(C)(C(=O)O)CC3)c2CC[C@@H]1C.COC(=O)N1c2ccc3c(nc(Cc4ccccc4)n3[C@@H]3CCCS(=O)(=O)C3)c2CC[C@@H]1C.COC(=O)N1c2ccc3c(nc(Cc4ccccc4)n3[C@H]3CCCS(=O)(=O)C3)c2CC[C@@H]1C. The number of imidazole rings is 4. The fourth-order valence-corrected chi connectivity index (χ4v) is 26.1. The summed E-state index contributed by atoms with van der Waals surface area (Å²) in [7, 11) is -0.538. The first-order valence-electron chi connectivity index (χ1n) is 49.6. The first kappa shape index (κ1) is 99.1. The summed E-state index contributed by atoms with van der Waals surface area (Å²) in [6.07, 6.45) is 16.8. The fourth-order valence-electron chi connectivity index (χ4n) is 22.8. The smallest absolute Gasteiger partial charge is 0.414 e. The Morgan fingerprint density at radius 2 is 0.714 bits per heavy atom. The van der Waals surface area contributed by atoms with Crippen LogP contribution in [0.4, 0.5) is 46.3 Å². The van der Waals surface area contributed by atoms with E-state index in [4.69, 9.17) is 43.6 Å². The van der Waals surface area contributed by atoms with Gasteiger partial charge in [-0.3, -0.25) is 29.2 Å². The number of Topliss-reactive ketones (excluding diaryl/α,β-unsaturated/α-hetero) is 1. The Morgan fingerprint density at radius 3 is 1.00 bits per heavy atom. The number of nitrogens with zero attached hydrogens (tertiary/aromatic N) is 12. The number of fused-ring (bicyclic) bond motifs is 12. The van der Waals surface area contributed by atoms with Crippen molar-refractivity contribution in [1.82, 2.24) is 38.2 Å². The lowest BCUT2D eigenvalue weighted by molar-refractivity contribution is -0.150. The second-order valence-corrected chi connectivity index (χ2v) is 44.3. The molecule has 1 N–H and O–H groups in total. The van der Waals surface area contributed by atoms with Gasteiger partial charge in [0.05, 0.1) is 130 Å². The molecule has 4 aromatic heterocycles. The number of methoxy groups -OCH3 is 4. The summed E-state index contributed by atoms with van der Waals surface area (Å²) in [6.45, 7) is 15.4. The number of aliphatic carboxylic acids is 1. The summed E-state index contributed by atoms with van der Waals surface area (Å²) < 4.78 is 99.7. The van der Waals surface area contributed by atoms with E-state index in [9.17, 15) is 55.1 Å². The number of carboxylic acids is 1. The van der Waals surface area contributed by atoms with Crippen molar-refractivity contribution in [3.63, 3.8) is 0 Å². The number of rotatable bonds is 16. The molecule has 6 atom stereocenters. The van der Waals surface area contributed by atoms with Gasteiger partial charge in [0.15, 0.2) is 31.2 Å². The minimum Gasteiger partial charge on any atom is -0.488 e. The lowest BCUT2D eigenvalue weighted by Crippen LogP contribution is -2.42. The maximum atomic E-state index is 14.9. The number of aromatic nitrogens is 8. The molecule has 8 aliphatic rings. The van der Waals surface area contributed by atoms with Crippen molar-refractivity contribution < 1.29 is 78.8 Å². The Kier molecular flexibility index (Phi) is 29.5. The molecule has 0 spiro atoms. The number of ketones is 1. The van der Waals surface area contributed by atoms with Crippen LogP contribution < -0.4 is 24.3 Å². The molecule has 0 radical (unpaired) electrons. The van der Waals surface area contributed by atoms with Gasteiger partial charge in [0, 0.05) is 102 Å². The molecule has 20 rings (SSSR count). The molecule has 0 unspecified atom stereocenters. The van der Waals surface area contributed by atoms with E-state index in [-0.39, 0.29) is 125 Å². The monoisotopic (exact) mass is 1940 g/mol. The van der Waals surface area contributed by atoms with E-state index >= 15 is 0 Å². The predicted octanol–water partition coefficient (Wildman–Crippen LogP) is 21.1. The highest BCUT2D eigenvalue weighted by molar-refractivity contribution is 7.91. The van der Waals surface area contributed by atoms with Crippen LogP contribution in [0.25, 0.3) is 44.1 Å². The maximum absolute atomic E-state index is 14.9. The van der Waals surface area contributed by atoms with Crippen molar-refractivity contribution in [2.75, 3.05) is 71.1 Å². The highest BCUT2D eigenvalue weighted by Gasteiger charge is 2.43. The number of hydrogen-bond donors (Lipinski definition) is 1. The normalized spacial score (nSPS) is 22.4. The first-order chi connectivity index (χ1) is 67.2. The quantitative estimate of drug-likeness (QED) is 0.0878. The second-order valence-electron chi connectivity index (χ2n) is 39.9. The van der Waals surface area contributed by atoms with Crippen molar-refractivity contribution in [1.29, 1.82) is 0 Å². The molecule has 2 aliphatic carbocycles. The largest absolute Gasteiger partial charge is 0.488 e. The van der Waals surface area contributed by atoms with Gasteiger partial charge in [-0.15, -0.1) is 0 Å². The van der Waals surface area contributed by atoms with Crippen LogP contribution in [0.1, 0.15) is 250 Å². The van der Waals surface area contributed by atoms with Crippen LogP contribution in [-0.4, -0.2) is 178 Å². The number of anilines is 4. The zero-order chi connectivity index (χ0) is 98.9. The molecule has 2 saturated carbocycles. The number of sulfone groups is 2. The third kappa shape index (κ3) is 20.4. The molecule has 6 aliphatic heterocycles. The summed E-state index contributed by atoms with van der Waals surface area (Å²) in [5.41, 5.74) is 18.7. The van der Waals surface area contributed by atoms with E-state index in [1.807, 2.05) is 146 Å². The number of benzene rings is 8. The lowest BCUT2D eigenvalue weighted by atomic mass is 9.74. The zero-order valence-corrected chi connectivity index (χ0v) is 83.8. The maximum Gasteiger partial charge on any atom is 0.414 e. The van der Waals surface area contributed by atoms with Crippen LogP contribution in [0.15, 0.2) is 158 Å². The van der Waals surface area contributed by atoms with Crippen LogP contribution in [-0.2, 0) is 99.6 Å². The third-order valence-electron chi connectivity index (χ3n) is 30.1. The summed E-state index contributed by atoms with van der Waals surface area (Å²) >= 11 is 0. The second kappa shape index (κ2) is 41.7. The number of halogens is 1. The number of amides is 4. The van der Waals surface area contributed by atoms with Gasteiger partial charge < -0.3 is 47.1 Å². The van der Waals surface area contributed by atoms with Crippen LogP contribution >= 0.6 is 0 Å². The molecule has 10 heterocycles. The number of hydrogen-bond acceptors (Lipinski definition) is 19. The minimum absolute atomic E-state index is 0.0281. The number of carbonyl (C=O) groups is 6. The van der Waals surface area contributed by atoms with Crippen molar-refractivity contribution in [2.24, 2.45) is 11.3 Å². The zero-order valence-electron chi connectivity index (χ0n) is 82.2. The molecular weight excluding hydrogens is 1820 g/mol. The van der Waals surface area contributed by atoms with Gasteiger partial charge in [-0.1, -0.05) is 97.1 Å². The number of carbonyl (C=O) groups excluding carboxylic acids is 5. The van der Waals surface area contributed by atoms with E-state index in [1.165, 1.54) is 40.1 Å². The molecule has 0 bridgehead atoms. The van der Waals surface area contributed by atoms with E-state index in [2.05, 4.69) is 66.8 Å². The average molecular weight is 1950 g/mol. The van der Waals surface area contributed by atoms with Gasteiger partial charge in [0.1, 0.15) is 29.1 Å². The third-order valence-corrected chi connectivity index (χ3v) is 33.7. The van der Waals surface area contributed by atoms with E-state index in [0.29, 0.717) is 51.4 Å². The van der Waals surface area contributed by atoms with Crippen LogP contribution in [0.2, 0.25) is 0 Å². The van der Waals surface area contributed by atoms with Crippen molar-refractivity contribution in [3.05, 3.63) is 231 Å². The molecule has 28 nitrogen and oxygen atoms in total. The topological polar surface area (TPSA) is 321 Å². The van der Waals surface area contributed by atoms with E-state index in [0.717, 1.165) is 232 Å². The Bertz CT molecular complexity index is 6680. The lowest BCUT2D eigenvalue weighted by Gasteiger charge is -2.36. The summed E-state index contributed by atoms with van der Waals surface area (Å²) in [5, 5.41) is 9.72. The number of aryl methyl sites for hydroxylation is 4. The van der Waals surface area contributed by atoms with Gasteiger partial charge in [-0.25, -0.2) is 60.3 Å². The highest BCUT2D eigenvalue weighted by atomic mass is 32.2. The number of ether oxygens (including phenoxy) is 5. The summed E-state index contributed by atoms with van der Waals surface area (Å²) in [5.74, 6) is 3.92. The van der Waals surface area contributed by atoms with E-state index in [1.54, 1.807) is 32.6 Å². The Morgan fingerprint density at radius 1 is 0.407 bits per heavy atom. The van der Waals surface area contributed by atoms with Crippen LogP contribution in [0, 0.1) is 17.2 Å². The Labute approximate surface area is 818 Å². The standard InChI is InChI=1S/C31H38FN3O4.C28H33N3O4.2C25H29N3O4S/c1-18(2)39-28-15-7-21(16-25(28)32)17-29-33-30-24-12-6-19(3)34(31(37)38-5)26(24)13-14-27(30)35(29)23-10-8-22(9-11-23)20(4)36;1-18-9-10-21-22(30(18)27(34)35-3)11-12-23-25(21)29-24(17-19-7-5-4-6-8-19)31(23)20-13-15-28(2,16-14-20)26(32)33;2*1-17-10-11-20-21(27(17)25(29)32-2)12-13-22-24(20)26-23(15-18-7-4-3-5-8-18)28(22)19-9-6-14-33(30,31)16-19/h7,13-16,18-19,22-23H,6,8-12,17H2,1-5H3;4-8,11-12,18,20H,9-10,13-17H2,1-3H3,(H,32,33);2*3-5,7-8,12-13,17,19H,6,9-11,14-16H2,1-2H3/t19-,22?,23?;18-,20?,28?;17-,19+;17-,19-/m0000/s1. The van der Waals surface area contributed by atoms with Crippen molar-refractivity contribution in [3.8, 4) is 5.75 Å². The van der Waals surface area contributed by atoms with Gasteiger partial charge in [0.2, 0.25) is 0 Å². The Balaban J connectivity index is 0.000000129.